The molecule has 0 saturated carbocycles. The molecule has 0 aromatic heterocycles. The van der Waals surface area contributed by atoms with Crippen LogP contribution in [0.15, 0.2) is 18.2 Å². The second-order valence-electron chi connectivity index (χ2n) is 4.27. The van der Waals surface area contributed by atoms with Crippen LogP contribution in [0.1, 0.15) is 17.5 Å². The molecular weight excluding hydrogens is 204 g/mol. The van der Waals surface area contributed by atoms with E-state index in [0.29, 0.717) is 13.0 Å². The van der Waals surface area contributed by atoms with Gasteiger partial charge in [0.25, 0.3) is 0 Å². The van der Waals surface area contributed by atoms with Crippen LogP contribution in [0, 0.1) is 12.8 Å². The van der Waals surface area contributed by atoms with Crippen molar-refractivity contribution in [1.82, 2.24) is 0 Å². The van der Waals surface area contributed by atoms with Crippen LogP contribution in [-0.4, -0.2) is 19.7 Å². The van der Waals surface area contributed by atoms with Crippen molar-refractivity contribution in [2.24, 2.45) is 5.92 Å². The maximum Gasteiger partial charge on any atom is 0.305 e. The lowest BCUT2D eigenvalue weighted by molar-refractivity contribution is -0.142. The maximum absolute atomic E-state index is 11.2. The Morgan fingerprint density at radius 1 is 1.56 bits per heavy atom. The maximum atomic E-state index is 11.2. The van der Waals surface area contributed by atoms with E-state index in [9.17, 15) is 4.79 Å². The summed E-state index contributed by atoms with van der Waals surface area (Å²) in [5.41, 5.74) is 2.42. The summed E-state index contributed by atoms with van der Waals surface area (Å²) in [6.07, 6.45) is 1.33. The first-order valence-corrected chi connectivity index (χ1v) is 5.48. The minimum absolute atomic E-state index is 0.162. The van der Waals surface area contributed by atoms with E-state index in [1.807, 2.05) is 12.1 Å². The molecule has 0 aliphatic carbocycles. The molecule has 1 aromatic carbocycles. The highest BCUT2D eigenvalue weighted by molar-refractivity contribution is 5.69. The number of carbonyl (C=O) groups excluding carboxylic acids is 1. The fourth-order valence-electron chi connectivity index (χ4n) is 2.04. The van der Waals surface area contributed by atoms with Crippen molar-refractivity contribution in [2.75, 3.05) is 13.7 Å². The molecule has 16 heavy (non-hydrogen) atoms. The van der Waals surface area contributed by atoms with Crippen LogP contribution in [0.4, 0.5) is 0 Å². The summed E-state index contributed by atoms with van der Waals surface area (Å²) in [7, 11) is 1.42. The Bertz CT molecular complexity index is 398. The van der Waals surface area contributed by atoms with Crippen LogP contribution >= 0.6 is 0 Å². The van der Waals surface area contributed by atoms with Gasteiger partial charge in [-0.05, 0) is 25.0 Å². The third-order valence-electron chi connectivity index (χ3n) is 2.88. The Hall–Kier alpha value is -1.51. The Labute approximate surface area is 95.4 Å². The third-order valence-corrected chi connectivity index (χ3v) is 2.88. The smallest absolute Gasteiger partial charge is 0.305 e. The quantitative estimate of drug-likeness (QED) is 0.716. The van der Waals surface area contributed by atoms with Gasteiger partial charge in [0.1, 0.15) is 5.75 Å². The summed E-state index contributed by atoms with van der Waals surface area (Å²) in [6, 6.07) is 6.16. The topological polar surface area (TPSA) is 35.5 Å². The lowest BCUT2D eigenvalue weighted by atomic mass is 9.93. The number of rotatable bonds is 2. The minimum atomic E-state index is -0.162. The first kappa shape index (κ1) is 11.0. The zero-order valence-electron chi connectivity index (χ0n) is 9.66. The standard InChI is InChI=1S/C13H16O3/c1-9-3-4-12-11(5-9)6-10(8-16-12)7-13(14)15-2/h3-5,10H,6-8H2,1-2H3. The van der Waals surface area contributed by atoms with Gasteiger partial charge in [0, 0.05) is 5.92 Å². The van der Waals surface area contributed by atoms with Gasteiger partial charge in [-0.2, -0.15) is 0 Å². The molecule has 1 heterocycles. The highest BCUT2D eigenvalue weighted by atomic mass is 16.5. The molecular formula is C13H16O3. The number of esters is 1. The van der Waals surface area contributed by atoms with E-state index in [0.717, 1.165) is 12.2 Å². The molecule has 0 N–H and O–H groups in total. The summed E-state index contributed by atoms with van der Waals surface area (Å²) < 4.78 is 10.3. The molecule has 0 bridgehead atoms. The number of ether oxygens (including phenoxy) is 2. The van der Waals surface area contributed by atoms with E-state index in [4.69, 9.17) is 4.74 Å². The van der Waals surface area contributed by atoms with Gasteiger partial charge in [0.05, 0.1) is 20.1 Å². The van der Waals surface area contributed by atoms with Crippen molar-refractivity contribution in [1.29, 1.82) is 0 Å². The van der Waals surface area contributed by atoms with Crippen molar-refractivity contribution in [3.05, 3.63) is 29.3 Å². The van der Waals surface area contributed by atoms with E-state index in [2.05, 4.69) is 17.7 Å². The van der Waals surface area contributed by atoms with Gasteiger partial charge in [-0.25, -0.2) is 0 Å². The van der Waals surface area contributed by atoms with Crippen LogP contribution in [0.5, 0.6) is 5.75 Å². The number of fused-ring (bicyclic) bond motifs is 1. The summed E-state index contributed by atoms with van der Waals surface area (Å²) >= 11 is 0. The Kier molecular flexibility index (Phi) is 3.13. The molecule has 3 heteroatoms. The molecule has 86 valence electrons. The molecule has 1 atom stereocenters. The summed E-state index contributed by atoms with van der Waals surface area (Å²) in [5.74, 6) is 1.03. The number of benzene rings is 1. The molecule has 0 amide bonds. The third kappa shape index (κ3) is 2.35. The summed E-state index contributed by atoms with van der Waals surface area (Å²) in [5, 5.41) is 0. The van der Waals surface area contributed by atoms with Gasteiger partial charge in [-0.3, -0.25) is 4.79 Å². The lowest BCUT2D eigenvalue weighted by Gasteiger charge is -2.24. The van der Waals surface area contributed by atoms with E-state index in [1.165, 1.54) is 18.2 Å². The zero-order valence-corrected chi connectivity index (χ0v) is 9.66. The highest BCUT2D eigenvalue weighted by Crippen LogP contribution is 2.29. The molecule has 3 nitrogen and oxygen atoms in total. The van der Waals surface area contributed by atoms with Crippen LogP contribution in [0.25, 0.3) is 0 Å². The predicted octanol–water partition coefficient (Wildman–Crippen LogP) is 2.11. The van der Waals surface area contributed by atoms with Crippen molar-refractivity contribution >= 4 is 5.97 Å². The van der Waals surface area contributed by atoms with Crippen molar-refractivity contribution in [3.63, 3.8) is 0 Å². The average Bonchev–Trinajstić information content (AvgIpc) is 2.28. The molecule has 2 rings (SSSR count). The second-order valence-corrected chi connectivity index (χ2v) is 4.27. The molecule has 0 fully saturated rings. The van der Waals surface area contributed by atoms with E-state index >= 15 is 0 Å². The Morgan fingerprint density at radius 2 is 2.38 bits per heavy atom. The van der Waals surface area contributed by atoms with Crippen molar-refractivity contribution < 1.29 is 14.3 Å². The van der Waals surface area contributed by atoms with E-state index in [1.54, 1.807) is 0 Å². The van der Waals surface area contributed by atoms with Crippen LogP contribution < -0.4 is 4.74 Å². The Morgan fingerprint density at radius 3 is 3.12 bits per heavy atom. The first-order chi connectivity index (χ1) is 7.69. The number of carbonyl (C=O) groups is 1. The van der Waals surface area contributed by atoms with E-state index < -0.39 is 0 Å². The predicted molar refractivity (Wildman–Crippen MR) is 60.5 cm³/mol. The zero-order chi connectivity index (χ0) is 11.5. The van der Waals surface area contributed by atoms with Gasteiger partial charge in [0.15, 0.2) is 0 Å². The lowest BCUT2D eigenvalue weighted by Crippen LogP contribution is -2.24. The molecule has 0 spiro atoms. The molecule has 0 saturated heterocycles. The summed E-state index contributed by atoms with van der Waals surface area (Å²) in [6.45, 7) is 2.66. The van der Waals surface area contributed by atoms with Gasteiger partial charge in [-0.15, -0.1) is 0 Å². The van der Waals surface area contributed by atoms with Gasteiger partial charge in [-0.1, -0.05) is 17.7 Å². The van der Waals surface area contributed by atoms with Gasteiger partial charge in [0.2, 0.25) is 0 Å². The second kappa shape index (κ2) is 4.56. The van der Waals surface area contributed by atoms with Crippen molar-refractivity contribution in [2.45, 2.75) is 19.8 Å². The number of hydrogen-bond acceptors (Lipinski definition) is 3. The fraction of sp³-hybridized carbons (Fsp3) is 0.462. The van der Waals surface area contributed by atoms with Crippen LogP contribution in [-0.2, 0) is 16.0 Å². The monoisotopic (exact) mass is 220 g/mol. The van der Waals surface area contributed by atoms with Crippen LogP contribution in [0.3, 0.4) is 0 Å². The SMILES string of the molecule is COC(=O)CC1COc2ccc(C)cc2C1. The molecule has 1 aromatic rings. The Balaban J connectivity index is 2.08. The number of hydrogen-bond donors (Lipinski definition) is 0. The molecule has 1 unspecified atom stereocenters. The summed E-state index contributed by atoms with van der Waals surface area (Å²) in [4.78, 5) is 11.2. The average molecular weight is 220 g/mol. The molecule has 0 radical (unpaired) electrons. The number of methoxy groups -OCH3 is 1. The largest absolute Gasteiger partial charge is 0.493 e. The van der Waals surface area contributed by atoms with E-state index in [-0.39, 0.29) is 11.9 Å². The van der Waals surface area contributed by atoms with Crippen LogP contribution in [0.2, 0.25) is 0 Å². The minimum Gasteiger partial charge on any atom is -0.493 e. The molecule has 1 aliphatic rings. The first-order valence-electron chi connectivity index (χ1n) is 5.48. The molecule has 1 aliphatic heterocycles. The highest BCUT2D eigenvalue weighted by Gasteiger charge is 2.22. The van der Waals surface area contributed by atoms with Gasteiger partial charge >= 0.3 is 5.97 Å². The normalized spacial score (nSPS) is 18.5. The fourth-order valence-corrected chi connectivity index (χ4v) is 2.04. The van der Waals surface area contributed by atoms with Crippen molar-refractivity contribution in [3.8, 4) is 5.75 Å². The van der Waals surface area contributed by atoms with Gasteiger partial charge < -0.3 is 9.47 Å². The number of aryl methyl sites for hydroxylation is 1.